The normalized spacial score (nSPS) is 17.0. The zero-order valence-electron chi connectivity index (χ0n) is 23.4. The largest absolute Gasteiger partial charge is 0.493 e. The molecule has 2 fully saturated rings. The third-order valence-electron chi connectivity index (χ3n) is 7.80. The molecule has 0 radical (unpaired) electrons. The molecule has 3 heterocycles. The molecule has 10 nitrogen and oxygen atoms in total. The molecule has 1 atom stereocenters. The Morgan fingerprint density at radius 3 is 2.71 bits per heavy atom. The number of nitrogens with zero attached hydrogens (tertiary/aromatic N) is 5. The predicted molar refractivity (Wildman–Crippen MR) is 150 cm³/mol. The van der Waals surface area contributed by atoms with Crippen molar-refractivity contribution in [2.24, 2.45) is 5.92 Å². The van der Waals surface area contributed by atoms with Crippen LogP contribution in [0.2, 0.25) is 0 Å². The number of halogens is 1. The lowest BCUT2D eigenvalue weighted by molar-refractivity contribution is -0.134. The third-order valence-corrected chi connectivity index (χ3v) is 7.80. The molecule has 218 valence electrons. The number of nitrogens with one attached hydrogen (secondary N) is 1. The Morgan fingerprint density at radius 2 is 1.98 bits per heavy atom. The molecule has 2 aliphatic rings. The van der Waals surface area contributed by atoms with Gasteiger partial charge in [0, 0.05) is 57.6 Å². The number of carbonyl (C=O) groups is 2. The summed E-state index contributed by atoms with van der Waals surface area (Å²) in [7, 11) is 0. The first kappa shape index (κ1) is 28.7. The first-order chi connectivity index (χ1) is 20.0. The number of hydrogen-bond acceptors (Lipinski definition) is 8. The molecule has 1 N–H and O–H groups in total. The number of amides is 2. The van der Waals surface area contributed by atoms with Crippen molar-refractivity contribution in [3.05, 3.63) is 60.0 Å². The molecule has 41 heavy (non-hydrogen) atoms. The van der Waals surface area contributed by atoms with Gasteiger partial charge >= 0.3 is 0 Å². The highest BCUT2D eigenvalue weighted by Crippen LogP contribution is 2.29. The molecule has 11 heteroatoms. The van der Waals surface area contributed by atoms with Crippen LogP contribution in [0.5, 0.6) is 5.75 Å². The van der Waals surface area contributed by atoms with Gasteiger partial charge in [-0.15, -0.1) is 0 Å². The topological polar surface area (TPSA) is 114 Å². The van der Waals surface area contributed by atoms with Gasteiger partial charge in [-0.1, -0.05) is 18.0 Å². The fourth-order valence-electron chi connectivity index (χ4n) is 5.46. The zero-order valence-corrected chi connectivity index (χ0v) is 23.4. The second-order valence-electron chi connectivity index (χ2n) is 10.8. The fourth-order valence-corrected chi connectivity index (χ4v) is 5.46. The zero-order chi connectivity index (χ0) is 28.6. The first-order valence-electron chi connectivity index (χ1n) is 14.4. The van der Waals surface area contributed by atoms with Gasteiger partial charge in [-0.05, 0) is 56.4 Å². The Kier molecular flexibility index (Phi) is 9.55. The van der Waals surface area contributed by atoms with Crippen LogP contribution in [0.25, 0.3) is 11.4 Å². The monoisotopic (exact) mass is 564 g/mol. The number of ether oxygens (including phenoxy) is 1. The van der Waals surface area contributed by atoms with Crippen molar-refractivity contribution in [1.82, 2.24) is 30.2 Å². The maximum absolute atomic E-state index is 14.8. The van der Waals surface area contributed by atoms with Gasteiger partial charge < -0.3 is 19.5 Å². The molecule has 1 aliphatic heterocycles. The highest BCUT2D eigenvalue weighted by atomic mass is 19.1. The molecule has 2 aromatic heterocycles. The average molecular weight is 565 g/mol. The summed E-state index contributed by atoms with van der Waals surface area (Å²) in [4.78, 5) is 37.5. The number of benzene rings is 1. The Balaban J connectivity index is 1.00. The van der Waals surface area contributed by atoms with Gasteiger partial charge in [0.2, 0.25) is 17.6 Å². The molecule has 1 saturated carbocycles. The molecule has 1 saturated heterocycles. The molecule has 0 bridgehead atoms. The minimum atomic E-state index is -0.617. The van der Waals surface area contributed by atoms with E-state index in [2.05, 4.69) is 25.3 Å². The summed E-state index contributed by atoms with van der Waals surface area (Å²) in [6.45, 7) is 5.63. The van der Waals surface area contributed by atoms with Crippen molar-refractivity contribution < 1.29 is 23.2 Å². The second kappa shape index (κ2) is 13.7. The van der Waals surface area contributed by atoms with Crippen LogP contribution >= 0.6 is 0 Å². The maximum atomic E-state index is 14.8. The maximum Gasteiger partial charge on any atom is 0.253 e. The van der Waals surface area contributed by atoms with Gasteiger partial charge in [0.1, 0.15) is 17.6 Å². The molecule has 1 aromatic carbocycles. The lowest BCUT2D eigenvalue weighted by Gasteiger charge is -2.36. The SMILES string of the molecule is CC(NC(=O)c1cccnc1)C(=O)N1CCN(CCCOc2ccc(-c3noc(CC4CCCC4)n3)c(F)c2)CC1. The summed E-state index contributed by atoms with van der Waals surface area (Å²) in [6, 6.07) is 7.45. The predicted octanol–water partition coefficient (Wildman–Crippen LogP) is 3.74. The van der Waals surface area contributed by atoms with E-state index < -0.39 is 11.9 Å². The van der Waals surface area contributed by atoms with Gasteiger partial charge in [0.15, 0.2) is 0 Å². The van der Waals surface area contributed by atoms with Crippen molar-refractivity contribution in [1.29, 1.82) is 0 Å². The third kappa shape index (κ3) is 7.66. The smallest absolute Gasteiger partial charge is 0.253 e. The van der Waals surface area contributed by atoms with Crippen molar-refractivity contribution in [3.63, 3.8) is 0 Å². The van der Waals surface area contributed by atoms with Crippen LogP contribution < -0.4 is 10.1 Å². The van der Waals surface area contributed by atoms with E-state index in [4.69, 9.17) is 9.26 Å². The van der Waals surface area contributed by atoms with Gasteiger partial charge in [-0.25, -0.2) is 4.39 Å². The van der Waals surface area contributed by atoms with Crippen LogP contribution in [0.15, 0.2) is 47.2 Å². The summed E-state index contributed by atoms with van der Waals surface area (Å²) < 4.78 is 25.9. The van der Waals surface area contributed by atoms with Gasteiger partial charge in [-0.2, -0.15) is 4.98 Å². The lowest BCUT2D eigenvalue weighted by atomic mass is 10.0. The molecule has 2 amide bonds. The van der Waals surface area contributed by atoms with Crippen LogP contribution in [-0.4, -0.2) is 82.1 Å². The highest BCUT2D eigenvalue weighted by molar-refractivity contribution is 5.97. The Hall–Kier alpha value is -3.86. The summed E-state index contributed by atoms with van der Waals surface area (Å²) in [5.41, 5.74) is 0.727. The van der Waals surface area contributed by atoms with Gasteiger partial charge in [0.05, 0.1) is 17.7 Å². The highest BCUT2D eigenvalue weighted by Gasteiger charge is 2.26. The Labute approximate surface area is 239 Å². The standard InChI is InChI=1S/C30H37FN6O4/c1-21(33-29(38)23-8-4-11-32-20-23)30(39)37-15-13-36(14-16-37)12-5-17-40-24-9-10-25(26(31)19-24)28-34-27(41-35-28)18-22-6-2-3-7-22/h4,8-11,19-22H,2-3,5-7,12-18H2,1H3,(H,33,38). The summed E-state index contributed by atoms with van der Waals surface area (Å²) in [6.07, 6.45) is 9.45. The number of aromatic nitrogens is 3. The van der Waals surface area contributed by atoms with E-state index in [0.29, 0.717) is 48.4 Å². The van der Waals surface area contributed by atoms with E-state index >= 15 is 0 Å². The molecule has 1 aliphatic carbocycles. The van der Waals surface area contributed by atoms with Crippen molar-refractivity contribution in [3.8, 4) is 17.1 Å². The minimum Gasteiger partial charge on any atom is -0.493 e. The van der Waals surface area contributed by atoms with Crippen LogP contribution in [0, 0.1) is 11.7 Å². The number of piperazine rings is 1. The van der Waals surface area contributed by atoms with Crippen LogP contribution in [-0.2, 0) is 11.2 Å². The Morgan fingerprint density at radius 1 is 1.17 bits per heavy atom. The number of rotatable bonds is 11. The number of pyridine rings is 1. The van der Waals surface area contributed by atoms with Crippen LogP contribution in [0.4, 0.5) is 4.39 Å². The first-order valence-corrected chi connectivity index (χ1v) is 14.4. The van der Waals surface area contributed by atoms with Crippen molar-refractivity contribution >= 4 is 11.8 Å². The quantitative estimate of drug-likeness (QED) is 0.351. The summed E-state index contributed by atoms with van der Waals surface area (Å²) in [5.74, 6) is 1.02. The van der Waals surface area contributed by atoms with Gasteiger partial charge in [-0.3, -0.25) is 19.5 Å². The molecular weight excluding hydrogens is 527 g/mol. The van der Waals surface area contributed by atoms with E-state index in [0.717, 1.165) is 32.5 Å². The van der Waals surface area contributed by atoms with Crippen molar-refractivity contribution in [2.45, 2.75) is 51.5 Å². The fraction of sp³-hybridized carbons (Fsp3) is 0.500. The van der Waals surface area contributed by atoms with Crippen LogP contribution in [0.1, 0.15) is 55.3 Å². The molecule has 5 rings (SSSR count). The minimum absolute atomic E-state index is 0.0958. The Bertz CT molecular complexity index is 1310. The van der Waals surface area contributed by atoms with E-state index in [9.17, 15) is 14.0 Å². The molecular formula is C30H37FN6O4. The summed E-state index contributed by atoms with van der Waals surface area (Å²) >= 11 is 0. The lowest BCUT2D eigenvalue weighted by Crippen LogP contribution is -2.54. The second-order valence-corrected chi connectivity index (χ2v) is 10.8. The molecule has 0 spiro atoms. The van der Waals surface area contributed by atoms with E-state index in [1.54, 1.807) is 42.3 Å². The van der Waals surface area contributed by atoms with E-state index in [-0.39, 0.29) is 17.6 Å². The summed E-state index contributed by atoms with van der Waals surface area (Å²) in [5, 5.41) is 6.73. The number of carbonyl (C=O) groups excluding carboxylic acids is 2. The van der Waals surface area contributed by atoms with E-state index in [1.807, 2.05) is 0 Å². The van der Waals surface area contributed by atoms with Crippen LogP contribution in [0.3, 0.4) is 0 Å². The van der Waals surface area contributed by atoms with Gasteiger partial charge in [0.25, 0.3) is 5.91 Å². The molecule has 1 unspecified atom stereocenters. The molecule has 3 aromatic rings. The van der Waals surface area contributed by atoms with Crippen molar-refractivity contribution in [2.75, 3.05) is 39.3 Å². The van der Waals surface area contributed by atoms with E-state index in [1.165, 1.54) is 37.9 Å². The number of hydrogen-bond donors (Lipinski definition) is 1. The average Bonchev–Trinajstić information content (AvgIpc) is 3.68.